The van der Waals surface area contributed by atoms with E-state index >= 15 is 0 Å². The normalized spacial score (nSPS) is 16.3. The lowest BCUT2D eigenvalue weighted by Crippen LogP contribution is -2.33. The molecule has 1 fully saturated rings. The summed E-state index contributed by atoms with van der Waals surface area (Å²) in [6, 6.07) is 9.60. The number of amides is 3. The lowest BCUT2D eigenvalue weighted by Gasteiger charge is -2.14. The van der Waals surface area contributed by atoms with Crippen LogP contribution in [0.5, 0.6) is 5.75 Å². The average Bonchev–Trinajstić information content (AvgIpc) is 2.90. The van der Waals surface area contributed by atoms with Crippen LogP contribution in [-0.4, -0.2) is 38.5 Å². The van der Waals surface area contributed by atoms with E-state index in [0.717, 1.165) is 22.7 Å². The van der Waals surface area contributed by atoms with Crippen molar-refractivity contribution >= 4 is 57.8 Å². The van der Waals surface area contributed by atoms with Gasteiger partial charge in [-0.15, -0.1) is 0 Å². The van der Waals surface area contributed by atoms with Crippen molar-refractivity contribution < 1.29 is 29.4 Å². The molecule has 1 atom stereocenters. The topological polar surface area (TPSA) is 124 Å². The number of aromatic carboxylic acids is 1. The highest BCUT2D eigenvalue weighted by molar-refractivity contribution is 8.15. The van der Waals surface area contributed by atoms with E-state index in [1.165, 1.54) is 24.3 Å². The van der Waals surface area contributed by atoms with Gasteiger partial charge in [0.05, 0.1) is 16.9 Å². The summed E-state index contributed by atoms with van der Waals surface area (Å²) in [5, 5.41) is 20.0. The van der Waals surface area contributed by atoms with Gasteiger partial charge in [-0.1, -0.05) is 11.6 Å². The number of halogens is 1. The van der Waals surface area contributed by atoms with E-state index in [0.29, 0.717) is 10.7 Å². The standard InChI is InChI=1S/C18H13ClN2O6S/c19-9-1-3-10(4-2-9)21-16(24)14(28-18(21)27)8-15(23)20-13-6-5-11(22)7-12(13)17(25)26/h1-7,14,22H,8H2,(H,20,23)(H,25,26). The number of benzene rings is 2. The molecule has 2 aromatic rings. The number of carbonyl (C=O) groups is 4. The maximum atomic E-state index is 12.6. The summed E-state index contributed by atoms with van der Waals surface area (Å²) in [6.07, 6.45) is -0.320. The number of carbonyl (C=O) groups excluding carboxylic acids is 3. The minimum Gasteiger partial charge on any atom is -0.508 e. The fraction of sp³-hybridized carbons (Fsp3) is 0.111. The van der Waals surface area contributed by atoms with Crippen LogP contribution >= 0.6 is 23.4 Å². The number of rotatable bonds is 5. The summed E-state index contributed by atoms with van der Waals surface area (Å²) in [7, 11) is 0. The van der Waals surface area contributed by atoms with Gasteiger partial charge in [-0.2, -0.15) is 0 Å². The highest BCUT2D eigenvalue weighted by Crippen LogP contribution is 2.34. The predicted octanol–water partition coefficient (Wildman–Crippen LogP) is 3.34. The van der Waals surface area contributed by atoms with Crippen LogP contribution in [0.3, 0.4) is 0 Å². The molecule has 1 unspecified atom stereocenters. The van der Waals surface area contributed by atoms with E-state index in [4.69, 9.17) is 16.7 Å². The fourth-order valence-electron chi connectivity index (χ4n) is 2.60. The third-order valence-electron chi connectivity index (χ3n) is 3.88. The van der Waals surface area contributed by atoms with Crippen molar-refractivity contribution in [2.45, 2.75) is 11.7 Å². The van der Waals surface area contributed by atoms with Gasteiger partial charge in [-0.05, 0) is 54.2 Å². The number of hydrogen-bond donors (Lipinski definition) is 3. The molecule has 8 nitrogen and oxygen atoms in total. The predicted molar refractivity (Wildman–Crippen MR) is 104 cm³/mol. The van der Waals surface area contributed by atoms with Crippen molar-refractivity contribution in [3.8, 4) is 5.75 Å². The Bertz CT molecular complexity index is 979. The quantitative estimate of drug-likeness (QED) is 0.633. The van der Waals surface area contributed by atoms with E-state index in [2.05, 4.69) is 5.32 Å². The lowest BCUT2D eigenvalue weighted by molar-refractivity contribution is -0.121. The Morgan fingerprint density at radius 2 is 1.82 bits per heavy atom. The minimum atomic E-state index is -1.33. The zero-order chi connectivity index (χ0) is 20.4. The van der Waals surface area contributed by atoms with Crippen LogP contribution in [-0.2, 0) is 9.59 Å². The first kappa shape index (κ1) is 19.7. The number of hydrogen-bond acceptors (Lipinski definition) is 6. The number of aromatic hydroxyl groups is 1. The molecule has 10 heteroatoms. The highest BCUT2D eigenvalue weighted by atomic mass is 35.5. The Kier molecular flexibility index (Phi) is 5.57. The van der Waals surface area contributed by atoms with Crippen LogP contribution < -0.4 is 10.2 Å². The first-order valence-electron chi connectivity index (χ1n) is 7.92. The fourth-order valence-corrected chi connectivity index (χ4v) is 3.71. The van der Waals surface area contributed by atoms with Crippen LogP contribution in [0.15, 0.2) is 42.5 Å². The van der Waals surface area contributed by atoms with Crippen molar-refractivity contribution in [3.63, 3.8) is 0 Å². The molecule has 3 rings (SSSR count). The van der Waals surface area contributed by atoms with Crippen LogP contribution in [0.4, 0.5) is 16.2 Å². The Balaban J connectivity index is 1.72. The summed E-state index contributed by atoms with van der Waals surface area (Å²) >= 11 is 6.53. The van der Waals surface area contributed by atoms with Crippen molar-refractivity contribution in [3.05, 3.63) is 53.1 Å². The molecule has 3 amide bonds. The molecule has 0 saturated carbocycles. The Morgan fingerprint density at radius 1 is 1.14 bits per heavy atom. The second-order valence-electron chi connectivity index (χ2n) is 5.81. The maximum Gasteiger partial charge on any atom is 0.337 e. The van der Waals surface area contributed by atoms with E-state index in [9.17, 15) is 24.3 Å². The molecule has 144 valence electrons. The molecule has 1 aliphatic heterocycles. The number of phenolic OH excluding ortho intramolecular Hbond substituents is 1. The molecular weight excluding hydrogens is 408 g/mol. The Labute approximate surface area is 168 Å². The van der Waals surface area contributed by atoms with Gasteiger partial charge in [0.15, 0.2) is 0 Å². The number of phenols is 1. The minimum absolute atomic E-state index is 0.0216. The summed E-state index contributed by atoms with van der Waals surface area (Å²) in [4.78, 5) is 49.3. The van der Waals surface area contributed by atoms with E-state index in [1.807, 2.05) is 0 Å². The molecule has 3 N–H and O–H groups in total. The molecule has 0 aliphatic carbocycles. The van der Waals surface area contributed by atoms with Gasteiger partial charge in [0.1, 0.15) is 11.0 Å². The summed E-state index contributed by atoms with van der Waals surface area (Å²) < 4.78 is 0. The Hall–Kier alpha value is -3.04. The van der Waals surface area contributed by atoms with Gasteiger partial charge in [-0.25, -0.2) is 9.69 Å². The van der Waals surface area contributed by atoms with Gasteiger partial charge in [0, 0.05) is 11.4 Å². The largest absolute Gasteiger partial charge is 0.508 e. The number of imide groups is 1. The number of nitrogens with zero attached hydrogens (tertiary/aromatic N) is 1. The second kappa shape index (κ2) is 7.91. The molecule has 0 bridgehead atoms. The van der Waals surface area contributed by atoms with Gasteiger partial charge < -0.3 is 15.5 Å². The molecule has 1 heterocycles. The monoisotopic (exact) mass is 420 g/mol. The van der Waals surface area contributed by atoms with Crippen molar-refractivity contribution in [2.24, 2.45) is 0 Å². The van der Waals surface area contributed by atoms with Crippen LogP contribution in [0, 0.1) is 0 Å². The third kappa shape index (κ3) is 4.10. The smallest absolute Gasteiger partial charge is 0.337 e. The zero-order valence-corrected chi connectivity index (χ0v) is 15.7. The van der Waals surface area contributed by atoms with Crippen LogP contribution in [0.2, 0.25) is 5.02 Å². The molecule has 2 aromatic carbocycles. The lowest BCUT2D eigenvalue weighted by atomic mass is 10.1. The molecule has 0 spiro atoms. The Morgan fingerprint density at radius 3 is 2.46 bits per heavy atom. The van der Waals surface area contributed by atoms with Crippen molar-refractivity contribution in [2.75, 3.05) is 10.2 Å². The van der Waals surface area contributed by atoms with Gasteiger partial charge in [-0.3, -0.25) is 14.4 Å². The molecule has 0 radical (unpaired) electrons. The van der Waals surface area contributed by atoms with Gasteiger partial charge >= 0.3 is 5.97 Å². The van der Waals surface area contributed by atoms with Gasteiger partial charge in [0.25, 0.3) is 5.24 Å². The molecule has 0 aromatic heterocycles. The second-order valence-corrected chi connectivity index (χ2v) is 7.40. The average molecular weight is 421 g/mol. The number of nitrogens with one attached hydrogen (secondary N) is 1. The first-order chi connectivity index (χ1) is 13.3. The number of carboxylic acids is 1. The first-order valence-corrected chi connectivity index (χ1v) is 9.18. The SMILES string of the molecule is O=C(CC1SC(=O)N(c2ccc(Cl)cc2)C1=O)Nc1ccc(O)cc1C(=O)O. The van der Waals surface area contributed by atoms with Crippen molar-refractivity contribution in [1.29, 1.82) is 0 Å². The molecule has 28 heavy (non-hydrogen) atoms. The highest BCUT2D eigenvalue weighted by Gasteiger charge is 2.41. The number of carboxylic acid groups (broad SMARTS) is 1. The summed E-state index contributed by atoms with van der Waals surface area (Å²) in [6.45, 7) is 0. The molecule has 1 saturated heterocycles. The van der Waals surface area contributed by atoms with E-state index < -0.39 is 28.3 Å². The van der Waals surface area contributed by atoms with Crippen molar-refractivity contribution in [1.82, 2.24) is 0 Å². The number of anilines is 2. The van der Waals surface area contributed by atoms with Gasteiger partial charge in [0.2, 0.25) is 11.8 Å². The summed E-state index contributed by atoms with van der Waals surface area (Å²) in [5.74, 6) is -2.77. The summed E-state index contributed by atoms with van der Waals surface area (Å²) in [5.41, 5.74) is 0.0331. The maximum absolute atomic E-state index is 12.6. The van der Waals surface area contributed by atoms with E-state index in [-0.39, 0.29) is 23.4 Å². The molecule has 1 aliphatic rings. The third-order valence-corrected chi connectivity index (χ3v) is 5.17. The van der Waals surface area contributed by atoms with E-state index in [1.54, 1.807) is 12.1 Å². The van der Waals surface area contributed by atoms with Crippen LogP contribution in [0.1, 0.15) is 16.8 Å². The number of thioether (sulfide) groups is 1. The molecular formula is C18H13ClN2O6S. The van der Waals surface area contributed by atoms with Crippen LogP contribution in [0.25, 0.3) is 0 Å². The zero-order valence-electron chi connectivity index (χ0n) is 14.1.